The quantitative estimate of drug-likeness (QED) is 0.814. The Bertz CT molecular complexity index is 450. The molecule has 1 aromatic rings. The van der Waals surface area contributed by atoms with Crippen molar-refractivity contribution in [1.82, 2.24) is 15.1 Å². The lowest BCUT2D eigenvalue weighted by Crippen LogP contribution is -2.55. The zero-order chi connectivity index (χ0) is 13.9. The van der Waals surface area contributed by atoms with Gasteiger partial charge in [0.05, 0.1) is 17.8 Å². The zero-order valence-corrected chi connectivity index (χ0v) is 11.5. The average Bonchev–Trinajstić information content (AvgIpc) is 2.68. The van der Waals surface area contributed by atoms with Gasteiger partial charge in [0, 0.05) is 18.9 Å². The fraction of sp³-hybridized carbons (Fsp3) is 0.692. The molecule has 0 atom stereocenters. The van der Waals surface area contributed by atoms with Crippen molar-refractivity contribution in [2.24, 2.45) is 0 Å². The van der Waals surface area contributed by atoms with Crippen LogP contribution in [0.25, 0.3) is 0 Å². The number of nitrogens with zero attached hydrogens (tertiary/aromatic N) is 2. The highest BCUT2D eigenvalue weighted by molar-refractivity contribution is 5.76. The van der Waals surface area contributed by atoms with Gasteiger partial charge >= 0.3 is 0 Å². The van der Waals surface area contributed by atoms with Crippen molar-refractivity contribution in [3.63, 3.8) is 0 Å². The largest absolute Gasteiger partial charge is 0.394 e. The number of ether oxygens (including phenoxy) is 1. The van der Waals surface area contributed by atoms with Gasteiger partial charge in [-0.2, -0.15) is 5.10 Å². The monoisotopic (exact) mass is 267 g/mol. The van der Waals surface area contributed by atoms with Crippen LogP contribution in [0.1, 0.15) is 24.2 Å². The van der Waals surface area contributed by atoms with Crippen molar-refractivity contribution in [3.05, 3.63) is 17.5 Å². The van der Waals surface area contributed by atoms with Crippen molar-refractivity contribution in [2.45, 2.75) is 38.8 Å². The predicted octanol–water partition coefficient (Wildman–Crippen LogP) is 0.158. The number of hydrogen-bond donors (Lipinski definition) is 2. The highest BCUT2D eigenvalue weighted by Gasteiger charge is 2.33. The SMILES string of the molecule is Cc1cc(C)n(CC(=O)NC2(CO)CCOCC2)n1. The van der Waals surface area contributed by atoms with Gasteiger partial charge in [-0.15, -0.1) is 0 Å². The summed E-state index contributed by atoms with van der Waals surface area (Å²) in [6, 6.07) is 1.93. The van der Waals surface area contributed by atoms with Gasteiger partial charge in [0.2, 0.25) is 5.91 Å². The van der Waals surface area contributed by atoms with Crippen LogP contribution in [0.2, 0.25) is 0 Å². The number of aliphatic hydroxyl groups excluding tert-OH is 1. The molecule has 0 saturated carbocycles. The molecule has 6 nitrogen and oxygen atoms in total. The minimum atomic E-state index is -0.536. The summed E-state index contributed by atoms with van der Waals surface area (Å²) in [5.74, 6) is -0.123. The minimum Gasteiger partial charge on any atom is -0.394 e. The summed E-state index contributed by atoms with van der Waals surface area (Å²) in [4.78, 5) is 12.1. The number of carbonyl (C=O) groups excluding carboxylic acids is 1. The third-order valence-electron chi connectivity index (χ3n) is 3.55. The molecule has 1 aliphatic rings. The Hall–Kier alpha value is -1.40. The Labute approximate surface area is 112 Å². The third-order valence-corrected chi connectivity index (χ3v) is 3.55. The lowest BCUT2D eigenvalue weighted by atomic mass is 9.91. The third kappa shape index (κ3) is 3.33. The number of aryl methyl sites for hydroxylation is 2. The first-order valence-electron chi connectivity index (χ1n) is 6.55. The molecular formula is C13H21N3O3. The highest BCUT2D eigenvalue weighted by Crippen LogP contribution is 2.20. The summed E-state index contributed by atoms with van der Waals surface area (Å²) in [5.41, 5.74) is 1.32. The molecule has 6 heteroatoms. The molecule has 0 spiro atoms. The maximum Gasteiger partial charge on any atom is 0.242 e. The molecule has 0 unspecified atom stereocenters. The van der Waals surface area contributed by atoms with Crippen LogP contribution in [-0.2, 0) is 16.1 Å². The smallest absolute Gasteiger partial charge is 0.242 e. The van der Waals surface area contributed by atoms with Crippen LogP contribution >= 0.6 is 0 Å². The lowest BCUT2D eigenvalue weighted by Gasteiger charge is -2.36. The van der Waals surface area contributed by atoms with Gasteiger partial charge in [-0.3, -0.25) is 9.48 Å². The Balaban J connectivity index is 1.98. The molecule has 1 aromatic heterocycles. The van der Waals surface area contributed by atoms with Gasteiger partial charge in [-0.1, -0.05) is 0 Å². The van der Waals surface area contributed by atoms with Crippen molar-refractivity contribution < 1.29 is 14.6 Å². The van der Waals surface area contributed by atoms with E-state index in [1.807, 2.05) is 19.9 Å². The van der Waals surface area contributed by atoms with Crippen molar-refractivity contribution in [2.75, 3.05) is 19.8 Å². The first-order chi connectivity index (χ1) is 9.04. The van der Waals surface area contributed by atoms with Gasteiger partial charge in [0.15, 0.2) is 0 Å². The Morgan fingerprint density at radius 2 is 2.21 bits per heavy atom. The number of hydrogen-bond acceptors (Lipinski definition) is 4. The molecule has 2 rings (SSSR count). The van der Waals surface area contributed by atoms with Crippen LogP contribution in [0.4, 0.5) is 0 Å². The fourth-order valence-corrected chi connectivity index (χ4v) is 2.39. The summed E-state index contributed by atoms with van der Waals surface area (Å²) < 4.78 is 6.94. The summed E-state index contributed by atoms with van der Waals surface area (Å²) >= 11 is 0. The number of rotatable bonds is 4. The van der Waals surface area contributed by atoms with Crippen LogP contribution in [0, 0.1) is 13.8 Å². The fourth-order valence-electron chi connectivity index (χ4n) is 2.39. The molecule has 2 N–H and O–H groups in total. The first-order valence-corrected chi connectivity index (χ1v) is 6.55. The molecular weight excluding hydrogens is 246 g/mol. The second-order valence-electron chi connectivity index (χ2n) is 5.18. The van der Waals surface area contributed by atoms with Crippen molar-refractivity contribution in [1.29, 1.82) is 0 Å². The maximum atomic E-state index is 12.1. The van der Waals surface area contributed by atoms with Crippen LogP contribution in [0.3, 0.4) is 0 Å². The molecule has 106 valence electrons. The normalized spacial score (nSPS) is 18.3. The number of carbonyl (C=O) groups is 1. The number of amides is 1. The first kappa shape index (κ1) is 14.0. The summed E-state index contributed by atoms with van der Waals surface area (Å²) in [6.07, 6.45) is 1.29. The van der Waals surface area contributed by atoms with Crippen LogP contribution in [0.15, 0.2) is 6.07 Å². The molecule has 0 radical (unpaired) electrons. The van der Waals surface area contributed by atoms with Crippen LogP contribution < -0.4 is 5.32 Å². The number of aliphatic hydroxyl groups is 1. The van der Waals surface area contributed by atoms with E-state index in [4.69, 9.17) is 4.74 Å². The molecule has 0 bridgehead atoms. The number of nitrogens with one attached hydrogen (secondary N) is 1. The molecule has 1 amide bonds. The standard InChI is InChI=1S/C13H21N3O3/c1-10-7-11(2)16(15-10)8-12(18)14-13(9-17)3-5-19-6-4-13/h7,17H,3-6,8-9H2,1-2H3,(H,14,18). The molecule has 0 aliphatic carbocycles. The Morgan fingerprint density at radius 1 is 1.53 bits per heavy atom. The lowest BCUT2D eigenvalue weighted by molar-refractivity contribution is -0.126. The van der Waals surface area contributed by atoms with E-state index in [2.05, 4.69) is 10.4 Å². The molecule has 19 heavy (non-hydrogen) atoms. The topological polar surface area (TPSA) is 76.4 Å². The average molecular weight is 267 g/mol. The van der Waals surface area contributed by atoms with E-state index in [1.165, 1.54) is 0 Å². The van der Waals surface area contributed by atoms with Gasteiger partial charge in [-0.05, 0) is 32.8 Å². The Morgan fingerprint density at radius 3 is 2.74 bits per heavy atom. The van der Waals surface area contributed by atoms with E-state index in [0.29, 0.717) is 26.1 Å². The molecule has 1 fully saturated rings. The van der Waals surface area contributed by atoms with Crippen molar-refractivity contribution in [3.8, 4) is 0 Å². The summed E-state index contributed by atoms with van der Waals surface area (Å²) in [6.45, 7) is 5.08. The molecule has 2 heterocycles. The van der Waals surface area contributed by atoms with Crippen LogP contribution in [0.5, 0.6) is 0 Å². The Kier molecular flexibility index (Phi) is 4.21. The van der Waals surface area contributed by atoms with E-state index in [0.717, 1.165) is 11.4 Å². The van der Waals surface area contributed by atoms with E-state index in [1.54, 1.807) is 4.68 Å². The minimum absolute atomic E-state index is 0.0563. The van der Waals surface area contributed by atoms with Gasteiger partial charge in [0.25, 0.3) is 0 Å². The van der Waals surface area contributed by atoms with Gasteiger partial charge in [-0.25, -0.2) is 0 Å². The molecule has 1 aliphatic heterocycles. The van der Waals surface area contributed by atoms with E-state index < -0.39 is 5.54 Å². The maximum absolute atomic E-state index is 12.1. The zero-order valence-electron chi connectivity index (χ0n) is 11.5. The van der Waals surface area contributed by atoms with E-state index >= 15 is 0 Å². The van der Waals surface area contributed by atoms with Gasteiger partial charge < -0.3 is 15.2 Å². The second kappa shape index (κ2) is 5.71. The number of aromatic nitrogens is 2. The summed E-state index contributed by atoms with van der Waals surface area (Å²) in [7, 11) is 0. The molecule has 0 aromatic carbocycles. The highest BCUT2D eigenvalue weighted by atomic mass is 16.5. The second-order valence-corrected chi connectivity index (χ2v) is 5.18. The van der Waals surface area contributed by atoms with Crippen molar-refractivity contribution >= 4 is 5.91 Å². The molecule has 1 saturated heterocycles. The predicted molar refractivity (Wildman–Crippen MR) is 69.7 cm³/mol. The van der Waals surface area contributed by atoms with E-state index in [9.17, 15) is 9.90 Å². The van der Waals surface area contributed by atoms with Gasteiger partial charge in [0.1, 0.15) is 6.54 Å². The summed E-state index contributed by atoms with van der Waals surface area (Å²) in [5, 5.41) is 16.7. The van der Waals surface area contributed by atoms with E-state index in [-0.39, 0.29) is 19.1 Å². The van der Waals surface area contributed by atoms with Crippen LogP contribution in [-0.4, -0.2) is 46.2 Å².